The van der Waals surface area contributed by atoms with Gasteiger partial charge in [-0.15, -0.1) is 0 Å². The fourth-order valence-corrected chi connectivity index (χ4v) is 3.77. The second-order valence-corrected chi connectivity index (χ2v) is 8.18. The van der Waals surface area contributed by atoms with E-state index in [2.05, 4.69) is 25.4 Å². The molecule has 0 spiro atoms. The van der Waals surface area contributed by atoms with E-state index < -0.39 is 0 Å². The highest BCUT2D eigenvalue weighted by Gasteiger charge is 2.14. The maximum Gasteiger partial charge on any atom is 0.278 e. The minimum absolute atomic E-state index is 0.0796. The quantitative estimate of drug-likeness (QED) is 0.402. The molecule has 0 saturated carbocycles. The Labute approximate surface area is 193 Å². The first kappa shape index (κ1) is 20.8. The minimum Gasteiger partial charge on any atom is -0.330 e. The number of aryl methyl sites for hydroxylation is 3. The smallest absolute Gasteiger partial charge is 0.278 e. The molecule has 4 aromatic heterocycles. The molecule has 1 aromatic carbocycles. The number of benzene rings is 1. The molecule has 0 aliphatic carbocycles. The highest BCUT2D eigenvalue weighted by molar-refractivity contribution is 6.30. The van der Waals surface area contributed by atoms with Gasteiger partial charge in [-0.05, 0) is 66.5 Å². The summed E-state index contributed by atoms with van der Waals surface area (Å²) in [5, 5.41) is 8.52. The number of aromatic nitrogens is 5. The molecule has 0 fully saturated rings. The number of rotatable bonds is 4. The third-order valence-corrected chi connectivity index (χ3v) is 5.62. The molecule has 1 N–H and O–H groups in total. The Balaban J connectivity index is 1.51. The lowest BCUT2D eigenvalue weighted by atomic mass is 9.99. The molecular weight excluding hydrogens is 440 g/mol. The lowest BCUT2D eigenvalue weighted by molar-refractivity contribution is 0.431. The van der Waals surface area contributed by atoms with Crippen LogP contribution in [0.3, 0.4) is 0 Å². The average molecular weight is 459 g/mol. The summed E-state index contributed by atoms with van der Waals surface area (Å²) >= 11 is 5.88. The Hall–Kier alpha value is -4.04. The molecule has 5 rings (SSSR count). The van der Waals surface area contributed by atoms with Crippen LogP contribution in [-0.2, 0) is 7.05 Å². The van der Waals surface area contributed by atoms with Gasteiger partial charge < -0.3 is 14.4 Å². The van der Waals surface area contributed by atoms with Gasteiger partial charge in [0.25, 0.3) is 17.4 Å². The lowest BCUT2D eigenvalue weighted by Crippen LogP contribution is -2.19. The van der Waals surface area contributed by atoms with E-state index in [0.29, 0.717) is 16.3 Å². The molecule has 0 aliphatic heterocycles. The molecule has 0 radical (unpaired) electrons. The number of pyridine rings is 3. The first-order chi connectivity index (χ1) is 15.9. The van der Waals surface area contributed by atoms with E-state index in [1.54, 1.807) is 29.9 Å². The molecule has 0 saturated heterocycles. The second kappa shape index (κ2) is 8.14. The van der Waals surface area contributed by atoms with Gasteiger partial charge >= 0.3 is 0 Å². The molecule has 5 aromatic rings. The van der Waals surface area contributed by atoms with Gasteiger partial charge in [0.15, 0.2) is 0 Å². The van der Waals surface area contributed by atoms with Crippen LogP contribution in [0.1, 0.15) is 11.3 Å². The predicted octanol–water partition coefficient (Wildman–Crippen LogP) is 5.06. The zero-order valence-electron chi connectivity index (χ0n) is 18.1. The molecule has 0 aliphatic rings. The molecule has 0 unspecified atom stereocenters. The fourth-order valence-electron chi connectivity index (χ4n) is 3.66. The molecule has 164 valence electrons. The van der Waals surface area contributed by atoms with Crippen LogP contribution in [0.15, 0.2) is 64.2 Å². The fraction of sp³-hybridized carbons (Fsp3) is 0.125. The van der Waals surface area contributed by atoms with Crippen molar-refractivity contribution in [2.45, 2.75) is 13.8 Å². The van der Waals surface area contributed by atoms with Gasteiger partial charge in [-0.25, -0.2) is 4.98 Å². The Morgan fingerprint density at radius 3 is 2.64 bits per heavy atom. The highest BCUT2D eigenvalue weighted by atomic mass is 35.5. The Morgan fingerprint density at radius 1 is 1.00 bits per heavy atom. The van der Waals surface area contributed by atoms with Crippen molar-refractivity contribution in [1.82, 2.24) is 24.7 Å². The number of nitrogens with zero attached hydrogens (tertiary/aromatic N) is 5. The molecule has 9 heteroatoms. The Morgan fingerprint density at radius 2 is 1.85 bits per heavy atom. The van der Waals surface area contributed by atoms with Gasteiger partial charge in [0.05, 0.1) is 10.5 Å². The van der Waals surface area contributed by atoms with Gasteiger partial charge in [0.1, 0.15) is 5.69 Å². The van der Waals surface area contributed by atoms with E-state index in [1.165, 1.54) is 6.20 Å². The monoisotopic (exact) mass is 458 g/mol. The van der Waals surface area contributed by atoms with Crippen LogP contribution in [0, 0.1) is 13.8 Å². The summed E-state index contributed by atoms with van der Waals surface area (Å²) in [6.45, 7) is 3.87. The van der Waals surface area contributed by atoms with Crippen molar-refractivity contribution in [2.75, 3.05) is 5.32 Å². The van der Waals surface area contributed by atoms with Gasteiger partial charge in [0.2, 0.25) is 0 Å². The number of hydrogen-bond acceptors (Lipinski definition) is 7. The van der Waals surface area contributed by atoms with E-state index in [-0.39, 0.29) is 17.4 Å². The zero-order valence-corrected chi connectivity index (χ0v) is 18.9. The van der Waals surface area contributed by atoms with Crippen molar-refractivity contribution in [1.29, 1.82) is 0 Å². The largest absolute Gasteiger partial charge is 0.330 e. The molecule has 33 heavy (non-hydrogen) atoms. The SMILES string of the molecule is Cc1cc2c(cn1)cc(-c1cc(Nc3noc(-c4ccc(Cl)cn4)n3)ccc1C)c(=O)n2C. The van der Waals surface area contributed by atoms with E-state index in [1.807, 2.05) is 44.2 Å². The van der Waals surface area contributed by atoms with Crippen LogP contribution in [0.5, 0.6) is 0 Å². The third kappa shape index (κ3) is 3.96. The van der Waals surface area contributed by atoms with Crippen molar-refractivity contribution in [3.05, 3.63) is 81.5 Å². The van der Waals surface area contributed by atoms with Crippen molar-refractivity contribution in [3.63, 3.8) is 0 Å². The minimum atomic E-state index is -0.0796. The van der Waals surface area contributed by atoms with Gasteiger partial charge in [0, 0.05) is 41.8 Å². The molecule has 0 amide bonds. The average Bonchev–Trinajstić information content (AvgIpc) is 3.27. The summed E-state index contributed by atoms with van der Waals surface area (Å²) < 4.78 is 6.96. The summed E-state index contributed by atoms with van der Waals surface area (Å²) in [6.07, 6.45) is 3.30. The third-order valence-electron chi connectivity index (χ3n) is 5.40. The van der Waals surface area contributed by atoms with Gasteiger partial charge in [-0.2, -0.15) is 4.98 Å². The van der Waals surface area contributed by atoms with Crippen molar-refractivity contribution < 1.29 is 4.52 Å². The van der Waals surface area contributed by atoms with Crippen LogP contribution in [0.2, 0.25) is 5.02 Å². The van der Waals surface area contributed by atoms with Gasteiger partial charge in [-0.1, -0.05) is 17.7 Å². The summed E-state index contributed by atoms with van der Waals surface area (Å²) in [4.78, 5) is 26.1. The maximum absolute atomic E-state index is 13.2. The molecule has 4 heterocycles. The molecule has 0 bridgehead atoms. The van der Waals surface area contributed by atoms with E-state index in [4.69, 9.17) is 16.1 Å². The summed E-state index contributed by atoms with van der Waals surface area (Å²) in [6, 6.07) is 12.9. The first-order valence-corrected chi connectivity index (χ1v) is 10.6. The zero-order chi connectivity index (χ0) is 23.1. The van der Waals surface area contributed by atoms with Gasteiger partial charge in [-0.3, -0.25) is 9.78 Å². The maximum atomic E-state index is 13.2. The second-order valence-electron chi connectivity index (χ2n) is 7.75. The summed E-state index contributed by atoms with van der Waals surface area (Å²) in [5.74, 6) is 0.551. The van der Waals surface area contributed by atoms with E-state index in [0.717, 1.165) is 33.4 Å². The van der Waals surface area contributed by atoms with Crippen molar-refractivity contribution in [3.8, 4) is 22.7 Å². The molecular formula is C24H19ClN6O2. The summed E-state index contributed by atoms with van der Waals surface area (Å²) in [7, 11) is 1.77. The number of nitrogens with one attached hydrogen (secondary N) is 1. The first-order valence-electron chi connectivity index (χ1n) is 10.2. The van der Waals surface area contributed by atoms with E-state index in [9.17, 15) is 4.79 Å². The van der Waals surface area contributed by atoms with E-state index >= 15 is 0 Å². The van der Waals surface area contributed by atoms with Crippen molar-refractivity contribution in [2.24, 2.45) is 7.05 Å². The normalized spacial score (nSPS) is 11.2. The van der Waals surface area contributed by atoms with Crippen LogP contribution >= 0.6 is 11.6 Å². The van der Waals surface area contributed by atoms with Crippen molar-refractivity contribution >= 4 is 34.1 Å². The number of fused-ring (bicyclic) bond motifs is 1. The van der Waals surface area contributed by atoms with Crippen LogP contribution in [0.25, 0.3) is 33.6 Å². The topological polar surface area (TPSA) is 98.7 Å². The number of halogens is 1. The van der Waals surface area contributed by atoms with Crippen LogP contribution in [-0.4, -0.2) is 24.7 Å². The Bertz CT molecular complexity index is 1560. The molecule has 8 nitrogen and oxygen atoms in total. The number of anilines is 2. The standard InChI is InChI=1S/C24H19ClN6O2/c1-13-4-6-17(28-24-29-22(33-30-24)20-7-5-16(25)12-27-20)10-18(13)19-9-15-11-26-14(2)8-21(15)31(3)23(19)32/h4-12H,1-3H3,(H,28,30). The highest BCUT2D eigenvalue weighted by Crippen LogP contribution is 2.28. The summed E-state index contributed by atoms with van der Waals surface area (Å²) in [5.41, 5.74) is 5.24. The van der Waals surface area contributed by atoms with Crippen LogP contribution in [0.4, 0.5) is 11.6 Å². The number of hydrogen-bond donors (Lipinski definition) is 1. The lowest BCUT2D eigenvalue weighted by Gasteiger charge is -2.12. The molecule has 0 atom stereocenters. The predicted molar refractivity (Wildman–Crippen MR) is 128 cm³/mol. The Kier molecular flexibility index (Phi) is 5.14. The van der Waals surface area contributed by atoms with Crippen LogP contribution < -0.4 is 10.9 Å².